The molecule has 0 saturated heterocycles. The minimum Gasteiger partial charge on any atom is -0.387 e. The summed E-state index contributed by atoms with van der Waals surface area (Å²) in [4.78, 5) is 0. The average Bonchev–Trinajstić information content (AvgIpc) is 2.15. The van der Waals surface area contributed by atoms with Crippen molar-refractivity contribution >= 4 is 15.9 Å². The van der Waals surface area contributed by atoms with E-state index in [0.29, 0.717) is 15.6 Å². The molecule has 0 aliphatic rings. The average molecular weight is 262 g/mol. The number of rotatable bonds is 3. The Hall–Kier alpha value is -0.450. The fourth-order valence-corrected chi connectivity index (χ4v) is 1.92. The van der Waals surface area contributed by atoms with Gasteiger partial charge in [0.2, 0.25) is 0 Å². The lowest BCUT2D eigenvalue weighted by molar-refractivity contribution is 0.186. The molecular weight excluding hydrogens is 249 g/mol. The molecule has 0 radical (unpaired) electrons. The second-order valence-electron chi connectivity index (χ2n) is 3.15. The van der Waals surface area contributed by atoms with Crippen LogP contribution >= 0.6 is 15.9 Å². The maximum atomic E-state index is 13.0. The van der Waals surface area contributed by atoms with Gasteiger partial charge in [0, 0.05) is 11.0 Å². The first kappa shape index (κ1) is 11.6. The molecule has 0 fully saturated rings. The molecule has 0 amide bonds. The molecule has 0 saturated carbocycles. The predicted molar refractivity (Wildman–Crippen MR) is 57.7 cm³/mol. The zero-order valence-electron chi connectivity index (χ0n) is 7.87. The molecule has 2 atom stereocenters. The van der Waals surface area contributed by atoms with E-state index in [2.05, 4.69) is 15.9 Å². The normalized spacial score (nSPS) is 15.2. The van der Waals surface area contributed by atoms with Crippen molar-refractivity contribution in [3.05, 3.63) is 33.8 Å². The third kappa shape index (κ3) is 2.53. The Morgan fingerprint density at radius 3 is 2.64 bits per heavy atom. The molecule has 78 valence electrons. The summed E-state index contributed by atoms with van der Waals surface area (Å²) in [6, 6.07) is 5.04. The van der Waals surface area contributed by atoms with Gasteiger partial charge in [-0.05, 0) is 24.1 Å². The number of aliphatic hydroxyl groups is 1. The summed E-state index contributed by atoms with van der Waals surface area (Å²) in [5, 5.41) is 9.44. The first-order valence-electron chi connectivity index (χ1n) is 4.37. The molecule has 0 heterocycles. The quantitative estimate of drug-likeness (QED) is 0.879. The highest BCUT2D eigenvalue weighted by Gasteiger charge is 2.11. The molecule has 0 aliphatic carbocycles. The van der Waals surface area contributed by atoms with Gasteiger partial charge < -0.3 is 10.8 Å². The van der Waals surface area contributed by atoms with Gasteiger partial charge in [-0.3, -0.25) is 0 Å². The first-order chi connectivity index (χ1) is 6.56. The highest BCUT2D eigenvalue weighted by atomic mass is 79.9. The monoisotopic (exact) mass is 261 g/mol. The van der Waals surface area contributed by atoms with E-state index in [9.17, 15) is 9.50 Å². The summed E-state index contributed by atoms with van der Waals surface area (Å²) in [7, 11) is 0. The van der Waals surface area contributed by atoms with Crippen LogP contribution in [-0.4, -0.2) is 11.7 Å². The van der Waals surface area contributed by atoms with Crippen molar-refractivity contribution in [1.29, 1.82) is 0 Å². The van der Waals surface area contributed by atoms with Crippen LogP contribution in [0.3, 0.4) is 0 Å². The zero-order valence-corrected chi connectivity index (χ0v) is 9.46. The summed E-state index contributed by atoms with van der Waals surface area (Å²) >= 11 is 3.25. The van der Waals surface area contributed by atoms with Crippen molar-refractivity contribution in [1.82, 2.24) is 0 Å². The van der Waals surface area contributed by atoms with Gasteiger partial charge in [0.25, 0.3) is 0 Å². The molecule has 1 aromatic carbocycles. The minimum absolute atomic E-state index is 0.164. The summed E-state index contributed by atoms with van der Waals surface area (Å²) in [5.74, 6) is 0. The first-order valence-corrected chi connectivity index (χ1v) is 5.17. The number of aliphatic hydroxyl groups excluding tert-OH is 1. The number of hydrogen-bond donors (Lipinski definition) is 2. The lowest BCUT2D eigenvalue weighted by atomic mass is 10.1. The number of halogens is 2. The summed E-state index contributed by atoms with van der Waals surface area (Å²) in [6.07, 6.45) is -1.70. The molecular formula is C10H13BrFNO. The van der Waals surface area contributed by atoms with Gasteiger partial charge in [-0.25, -0.2) is 4.39 Å². The van der Waals surface area contributed by atoms with Crippen LogP contribution in [0, 0.1) is 0 Å². The Morgan fingerprint density at radius 1 is 1.57 bits per heavy atom. The summed E-state index contributed by atoms with van der Waals surface area (Å²) in [6.45, 7) is 1.64. The maximum Gasteiger partial charge on any atom is 0.123 e. The van der Waals surface area contributed by atoms with E-state index in [1.165, 1.54) is 6.92 Å². The van der Waals surface area contributed by atoms with Crippen LogP contribution in [-0.2, 0) is 0 Å². The minimum atomic E-state index is -1.02. The second kappa shape index (κ2) is 4.87. The van der Waals surface area contributed by atoms with Crippen LogP contribution < -0.4 is 5.73 Å². The van der Waals surface area contributed by atoms with Crippen LogP contribution in [0.4, 0.5) is 4.39 Å². The SMILES string of the molecule is CC(F)c1ccc(C(O)CN)cc1Br. The summed E-state index contributed by atoms with van der Waals surface area (Å²) < 4.78 is 13.7. The van der Waals surface area contributed by atoms with Crippen LogP contribution in [0.5, 0.6) is 0 Å². The molecule has 2 unspecified atom stereocenters. The fraction of sp³-hybridized carbons (Fsp3) is 0.400. The van der Waals surface area contributed by atoms with Crippen LogP contribution in [0.25, 0.3) is 0 Å². The third-order valence-corrected chi connectivity index (χ3v) is 2.75. The van der Waals surface area contributed by atoms with E-state index in [0.717, 1.165) is 0 Å². The largest absolute Gasteiger partial charge is 0.387 e. The number of benzene rings is 1. The fourth-order valence-electron chi connectivity index (χ4n) is 1.21. The van der Waals surface area contributed by atoms with Crippen LogP contribution in [0.15, 0.2) is 22.7 Å². The van der Waals surface area contributed by atoms with Crippen molar-refractivity contribution in [2.45, 2.75) is 19.2 Å². The van der Waals surface area contributed by atoms with E-state index in [1.807, 2.05) is 0 Å². The van der Waals surface area contributed by atoms with Crippen LogP contribution in [0.1, 0.15) is 30.3 Å². The predicted octanol–water partition coefficient (Wildman–Crippen LogP) is 2.47. The molecule has 2 nitrogen and oxygen atoms in total. The van der Waals surface area contributed by atoms with Gasteiger partial charge in [0.1, 0.15) is 6.17 Å². The second-order valence-corrected chi connectivity index (χ2v) is 4.00. The van der Waals surface area contributed by atoms with Gasteiger partial charge in [-0.15, -0.1) is 0 Å². The highest BCUT2D eigenvalue weighted by molar-refractivity contribution is 9.10. The van der Waals surface area contributed by atoms with E-state index in [-0.39, 0.29) is 6.54 Å². The number of nitrogens with two attached hydrogens (primary N) is 1. The third-order valence-electron chi connectivity index (χ3n) is 2.06. The highest BCUT2D eigenvalue weighted by Crippen LogP contribution is 2.28. The molecule has 14 heavy (non-hydrogen) atoms. The van der Waals surface area contributed by atoms with Crippen molar-refractivity contribution in [3.8, 4) is 0 Å². The Labute approximate surface area is 91.1 Å². The molecule has 3 N–H and O–H groups in total. The maximum absolute atomic E-state index is 13.0. The lowest BCUT2D eigenvalue weighted by Crippen LogP contribution is -2.11. The standard InChI is InChI=1S/C10H13BrFNO/c1-6(12)8-3-2-7(4-9(8)11)10(14)5-13/h2-4,6,10,14H,5,13H2,1H3. The van der Waals surface area contributed by atoms with E-state index in [4.69, 9.17) is 5.73 Å². The van der Waals surface area contributed by atoms with Crippen molar-refractivity contribution in [2.75, 3.05) is 6.54 Å². The molecule has 1 aromatic rings. The molecule has 0 bridgehead atoms. The van der Waals surface area contributed by atoms with E-state index in [1.54, 1.807) is 18.2 Å². The Kier molecular flexibility index (Phi) is 4.04. The van der Waals surface area contributed by atoms with Crippen LogP contribution in [0.2, 0.25) is 0 Å². The topological polar surface area (TPSA) is 46.2 Å². The van der Waals surface area contributed by atoms with Gasteiger partial charge in [0.05, 0.1) is 6.10 Å². The number of hydrogen-bond acceptors (Lipinski definition) is 2. The zero-order chi connectivity index (χ0) is 10.7. The molecule has 1 rings (SSSR count). The van der Waals surface area contributed by atoms with E-state index < -0.39 is 12.3 Å². The smallest absolute Gasteiger partial charge is 0.123 e. The Bertz CT molecular complexity index is 317. The lowest BCUT2D eigenvalue weighted by Gasteiger charge is -2.11. The molecule has 0 aromatic heterocycles. The summed E-state index contributed by atoms with van der Waals surface area (Å²) in [5.41, 5.74) is 6.59. The Morgan fingerprint density at radius 2 is 2.21 bits per heavy atom. The van der Waals surface area contributed by atoms with Crippen molar-refractivity contribution in [2.24, 2.45) is 5.73 Å². The van der Waals surface area contributed by atoms with Gasteiger partial charge in [0.15, 0.2) is 0 Å². The molecule has 0 aliphatic heterocycles. The van der Waals surface area contributed by atoms with Crippen molar-refractivity contribution in [3.63, 3.8) is 0 Å². The number of alkyl halides is 1. The van der Waals surface area contributed by atoms with Crippen molar-refractivity contribution < 1.29 is 9.50 Å². The molecule has 4 heteroatoms. The Balaban J connectivity index is 3.00. The van der Waals surface area contributed by atoms with E-state index >= 15 is 0 Å². The van der Waals surface area contributed by atoms with Gasteiger partial charge >= 0.3 is 0 Å². The molecule has 0 spiro atoms. The van der Waals surface area contributed by atoms with Gasteiger partial charge in [-0.1, -0.05) is 28.1 Å². The van der Waals surface area contributed by atoms with Gasteiger partial charge in [-0.2, -0.15) is 0 Å².